The Morgan fingerprint density at radius 3 is 2.15 bits per heavy atom. The number of nitrogens with zero attached hydrogens (tertiary/aromatic N) is 1. The lowest BCUT2D eigenvalue weighted by Gasteiger charge is -2.07. The predicted octanol–water partition coefficient (Wildman–Crippen LogP) is 4.63. The maximum absolute atomic E-state index is 13.0. The van der Waals surface area contributed by atoms with Crippen LogP contribution in [0.3, 0.4) is 0 Å². The Bertz CT molecular complexity index is 694. The number of benzene rings is 2. The number of halogens is 1. The van der Waals surface area contributed by atoms with Crippen molar-refractivity contribution in [3.8, 4) is 11.1 Å². The fraction of sp³-hybridized carbons (Fsp3) is 0. The second kappa shape index (κ2) is 5.53. The monoisotopic (exact) mass is 264 g/mol. The normalized spacial score (nSPS) is 10.2. The number of aromatic nitrogens is 1. The molecule has 1 heterocycles. The zero-order valence-corrected chi connectivity index (χ0v) is 10.8. The minimum Gasteiger partial charge on any atom is -0.355 e. The van der Waals surface area contributed by atoms with Crippen molar-refractivity contribution >= 4 is 11.4 Å². The zero-order valence-electron chi connectivity index (χ0n) is 10.8. The summed E-state index contributed by atoms with van der Waals surface area (Å²) in [5.41, 5.74) is 3.92. The number of hydrogen-bond acceptors (Lipinski definition) is 2. The Hall–Kier alpha value is -2.68. The first-order valence-electron chi connectivity index (χ1n) is 6.35. The summed E-state index contributed by atoms with van der Waals surface area (Å²) >= 11 is 0. The maximum atomic E-state index is 13.0. The minimum atomic E-state index is -0.490. The van der Waals surface area contributed by atoms with E-state index >= 15 is 0 Å². The highest BCUT2D eigenvalue weighted by Gasteiger charge is 1.99. The van der Waals surface area contributed by atoms with E-state index in [2.05, 4.69) is 22.4 Å². The molecule has 0 radical (unpaired) electrons. The van der Waals surface area contributed by atoms with Gasteiger partial charge in [-0.25, -0.2) is 4.98 Å². The second-order valence-electron chi connectivity index (χ2n) is 4.44. The van der Waals surface area contributed by atoms with Crippen LogP contribution in [0.15, 0.2) is 72.9 Å². The van der Waals surface area contributed by atoms with Gasteiger partial charge in [-0.1, -0.05) is 42.5 Å². The molecule has 0 bridgehead atoms. The standard InChI is InChI=1S/C17H13FN2/c18-17-12-16(10-11-19-17)20-15-8-6-14(7-9-15)13-4-2-1-3-5-13/h1-12H,(H,19,20). The maximum Gasteiger partial charge on any atom is 0.214 e. The number of nitrogens with one attached hydrogen (secondary N) is 1. The largest absolute Gasteiger partial charge is 0.355 e. The van der Waals surface area contributed by atoms with E-state index in [-0.39, 0.29) is 0 Å². The van der Waals surface area contributed by atoms with Crippen LogP contribution in [-0.4, -0.2) is 4.98 Å². The summed E-state index contributed by atoms with van der Waals surface area (Å²) in [4.78, 5) is 3.53. The van der Waals surface area contributed by atoms with E-state index < -0.39 is 5.95 Å². The van der Waals surface area contributed by atoms with Gasteiger partial charge in [0.2, 0.25) is 5.95 Å². The molecule has 1 aromatic heterocycles. The fourth-order valence-electron chi connectivity index (χ4n) is 2.02. The van der Waals surface area contributed by atoms with Crippen LogP contribution >= 0.6 is 0 Å². The van der Waals surface area contributed by atoms with E-state index in [1.165, 1.54) is 17.8 Å². The first-order chi connectivity index (χ1) is 9.81. The van der Waals surface area contributed by atoms with Crippen molar-refractivity contribution in [2.45, 2.75) is 0 Å². The Kier molecular flexibility index (Phi) is 3.42. The quantitative estimate of drug-likeness (QED) is 0.697. The molecule has 0 amide bonds. The highest BCUT2D eigenvalue weighted by Crippen LogP contribution is 2.23. The molecule has 0 aliphatic rings. The average molecular weight is 264 g/mol. The Morgan fingerprint density at radius 2 is 1.45 bits per heavy atom. The highest BCUT2D eigenvalue weighted by molar-refractivity contribution is 5.68. The molecule has 2 aromatic carbocycles. The van der Waals surface area contributed by atoms with Gasteiger partial charge < -0.3 is 5.32 Å². The van der Waals surface area contributed by atoms with Crippen LogP contribution in [0.5, 0.6) is 0 Å². The highest BCUT2D eigenvalue weighted by atomic mass is 19.1. The van der Waals surface area contributed by atoms with Gasteiger partial charge in [0, 0.05) is 23.6 Å². The Balaban J connectivity index is 1.80. The van der Waals surface area contributed by atoms with Gasteiger partial charge in [-0.2, -0.15) is 4.39 Å². The SMILES string of the molecule is Fc1cc(Nc2ccc(-c3ccccc3)cc2)ccn1. The van der Waals surface area contributed by atoms with E-state index in [0.29, 0.717) is 5.69 Å². The van der Waals surface area contributed by atoms with Crippen LogP contribution in [0.1, 0.15) is 0 Å². The first-order valence-corrected chi connectivity index (χ1v) is 6.35. The van der Waals surface area contributed by atoms with Crippen LogP contribution in [0.25, 0.3) is 11.1 Å². The summed E-state index contributed by atoms with van der Waals surface area (Å²) < 4.78 is 13.0. The lowest BCUT2D eigenvalue weighted by atomic mass is 10.1. The molecule has 3 aromatic rings. The van der Waals surface area contributed by atoms with Gasteiger partial charge in [-0.3, -0.25) is 0 Å². The van der Waals surface area contributed by atoms with E-state index in [4.69, 9.17) is 0 Å². The summed E-state index contributed by atoms with van der Waals surface area (Å²) in [6.07, 6.45) is 1.44. The summed E-state index contributed by atoms with van der Waals surface area (Å²) in [5.74, 6) is -0.490. The molecule has 2 nitrogen and oxygen atoms in total. The van der Waals surface area contributed by atoms with Gasteiger partial charge in [0.25, 0.3) is 0 Å². The van der Waals surface area contributed by atoms with Crippen LogP contribution in [0.2, 0.25) is 0 Å². The van der Waals surface area contributed by atoms with E-state index in [1.54, 1.807) is 6.07 Å². The Morgan fingerprint density at radius 1 is 0.750 bits per heavy atom. The minimum absolute atomic E-state index is 0.490. The molecule has 1 N–H and O–H groups in total. The summed E-state index contributed by atoms with van der Waals surface area (Å²) in [5, 5.41) is 3.14. The van der Waals surface area contributed by atoms with E-state index in [1.807, 2.05) is 42.5 Å². The van der Waals surface area contributed by atoms with Gasteiger partial charge in [0.15, 0.2) is 0 Å². The zero-order chi connectivity index (χ0) is 13.8. The summed E-state index contributed by atoms with van der Waals surface area (Å²) in [7, 11) is 0. The molecule has 0 fully saturated rings. The molecule has 0 aliphatic heterocycles. The second-order valence-corrected chi connectivity index (χ2v) is 4.44. The fourth-order valence-corrected chi connectivity index (χ4v) is 2.02. The molecular weight excluding hydrogens is 251 g/mol. The predicted molar refractivity (Wildman–Crippen MR) is 79.4 cm³/mol. The Labute approximate surface area is 116 Å². The van der Waals surface area contributed by atoms with Crippen LogP contribution in [0, 0.1) is 5.95 Å². The topological polar surface area (TPSA) is 24.9 Å². The van der Waals surface area contributed by atoms with Crippen molar-refractivity contribution in [1.29, 1.82) is 0 Å². The molecule has 0 saturated heterocycles. The molecule has 98 valence electrons. The molecular formula is C17H13FN2. The van der Waals surface area contributed by atoms with Gasteiger partial charge in [-0.15, -0.1) is 0 Å². The van der Waals surface area contributed by atoms with Crippen molar-refractivity contribution in [1.82, 2.24) is 4.98 Å². The lowest BCUT2D eigenvalue weighted by Crippen LogP contribution is -1.92. The summed E-state index contributed by atoms with van der Waals surface area (Å²) in [6, 6.07) is 21.3. The van der Waals surface area contributed by atoms with Gasteiger partial charge in [0.1, 0.15) is 0 Å². The average Bonchev–Trinajstić information content (AvgIpc) is 2.49. The molecule has 3 heteroatoms. The number of hydrogen-bond donors (Lipinski definition) is 1. The van der Waals surface area contributed by atoms with Gasteiger partial charge in [0.05, 0.1) is 0 Å². The molecule has 0 atom stereocenters. The number of anilines is 2. The third kappa shape index (κ3) is 2.83. The van der Waals surface area contributed by atoms with Crippen molar-refractivity contribution in [2.75, 3.05) is 5.32 Å². The molecule has 0 aliphatic carbocycles. The lowest BCUT2D eigenvalue weighted by molar-refractivity contribution is 0.584. The van der Waals surface area contributed by atoms with Crippen molar-refractivity contribution < 1.29 is 4.39 Å². The number of rotatable bonds is 3. The number of pyridine rings is 1. The van der Waals surface area contributed by atoms with Crippen LogP contribution in [-0.2, 0) is 0 Å². The van der Waals surface area contributed by atoms with Crippen LogP contribution in [0.4, 0.5) is 15.8 Å². The molecule has 0 saturated carbocycles. The summed E-state index contributed by atoms with van der Waals surface area (Å²) in [6.45, 7) is 0. The third-order valence-corrected chi connectivity index (χ3v) is 3.01. The van der Waals surface area contributed by atoms with Gasteiger partial charge >= 0.3 is 0 Å². The van der Waals surface area contributed by atoms with Crippen molar-refractivity contribution in [3.63, 3.8) is 0 Å². The van der Waals surface area contributed by atoms with Gasteiger partial charge in [-0.05, 0) is 29.3 Å². The molecule has 20 heavy (non-hydrogen) atoms. The van der Waals surface area contributed by atoms with Crippen molar-refractivity contribution in [3.05, 3.63) is 78.9 Å². The smallest absolute Gasteiger partial charge is 0.214 e. The third-order valence-electron chi connectivity index (χ3n) is 3.01. The molecule has 0 spiro atoms. The van der Waals surface area contributed by atoms with E-state index in [9.17, 15) is 4.39 Å². The molecule has 3 rings (SSSR count). The van der Waals surface area contributed by atoms with E-state index in [0.717, 1.165) is 11.3 Å². The molecule has 0 unspecified atom stereocenters. The van der Waals surface area contributed by atoms with Crippen LogP contribution < -0.4 is 5.32 Å². The first kappa shape index (κ1) is 12.4. The van der Waals surface area contributed by atoms with Crippen molar-refractivity contribution in [2.24, 2.45) is 0 Å².